The number of nitrogens with two attached hydrogens (primary N) is 1. The van der Waals surface area contributed by atoms with Gasteiger partial charge in [-0.05, 0) is 17.7 Å². The lowest BCUT2D eigenvalue weighted by atomic mass is 10.2. The number of para-hydroxylation sites is 1. The molecule has 0 aliphatic carbocycles. The first-order valence-electron chi connectivity index (χ1n) is 5.79. The van der Waals surface area contributed by atoms with Gasteiger partial charge in [-0.1, -0.05) is 59.6 Å². The van der Waals surface area contributed by atoms with Gasteiger partial charge in [-0.3, -0.25) is 0 Å². The molecule has 0 aliphatic rings. The van der Waals surface area contributed by atoms with Crippen LogP contribution in [0.4, 0.5) is 5.69 Å². The minimum atomic E-state index is 0.104. The van der Waals surface area contributed by atoms with Crippen molar-refractivity contribution in [3.8, 4) is 0 Å². The van der Waals surface area contributed by atoms with E-state index in [2.05, 4.69) is 15.5 Å². The number of nitrogens with zero attached hydrogens (tertiary/aromatic N) is 2. The average Bonchev–Trinajstić information content (AvgIpc) is 2.44. The summed E-state index contributed by atoms with van der Waals surface area (Å²) in [4.78, 5) is 4.09. The van der Waals surface area contributed by atoms with Crippen molar-refractivity contribution < 1.29 is 0 Å². The van der Waals surface area contributed by atoms with E-state index in [4.69, 9.17) is 28.9 Å². The maximum Gasteiger partial charge on any atom is 0.214 e. The molecule has 0 unspecified atom stereocenters. The van der Waals surface area contributed by atoms with Crippen LogP contribution in [-0.2, 0) is 0 Å². The van der Waals surface area contributed by atoms with E-state index < -0.39 is 0 Å². The van der Waals surface area contributed by atoms with E-state index in [0.717, 1.165) is 5.56 Å². The van der Waals surface area contributed by atoms with Crippen LogP contribution in [0.1, 0.15) is 5.56 Å². The van der Waals surface area contributed by atoms with Crippen LogP contribution in [-0.4, -0.2) is 12.2 Å². The van der Waals surface area contributed by atoms with E-state index in [1.54, 1.807) is 24.4 Å². The summed E-state index contributed by atoms with van der Waals surface area (Å²) in [6, 6.07) is 14.7. The molecule has 0 spiro atoms. The van der Waals surface area contributed by atoms with Crippen molar-refractivity contribution >= 4 is 41.1 Å². The first-order valence-corrected chi connectivity index (χ1v) is 6.54. The summed E-state index contributed by atoms with van der Waals surface area (Å²) in [6.07, 6.45) is 1.64. The Bertz CT molecular complexity index is 619. The molecule has 20 heavy (non-hydrogen) atoms. The van der Waals surface area contributed by atoms with Gasteiger partial charge >= 0.3 is 0 Å². The van der Waals surface area contributed by atoms with Crippen molar-refractivity contribution in [3.63, 3.8) is 0 Å². The standard InChI is InChI=1S/C14H12Cl2N4/c15-11-7-4-8-12(16)13(11)19-14(17)20-18-9-10-5-2-1-3-6-10/h1-9H,(H3,17,19,20). The van der Waals surface area contributed by atoms with E-state index in [9.17, 15) is 0 Å². The summed E-state index contributed by atoms with van der Waals surface area (Å²) in [7, 11) is 0. The molecule has 0 atom stereocenters. The van der Waals surface area contributed by atoms with Crippen molar-refractivity contribution in [2.75, 3.05) is 0 Å². The zero-order valence-corrected chi connectivity index (χ0v) is 11.9. The van der Waals surface area contributed by atoms with Gasteiger partial charge in [-0.15, -0.1) is 0 Å². The minimum Gasteiger partial charge on any atom is -0.368 e. The molecule has 0 bridgehead atoms. The molecule has 0 heterocycles. The maximum atomic E-state index is 5.99. The second kappa shape index (κ2) is 6.93. The molecule has 0 saturated heterocycles. The number of hydrogen-bond donors (Lipinski definition) is 2. The van der Waals surface area contributed by atoms with Crippen LogP contribution in [0.15, 0.2) is 58.6 Å². The third kappa shape index (κ3) is 3.98. The third-order valence-electron chi connectivity index (χ3n) is 2.36. The summed E-state index contributed by atoms with van der Waals surface area (Å²) in [5.41, 5.74) is 9.69. The van der Waals surface area contributed by atoms with E-state index in [1.165, 1.54) is 0 Å². The van der Waals surface area contributed by atoms with Gasteiger partial charge in [0.1, 0.15) is 5.69 Å². The second-order valence-electron chi connectivity index (χ2n) is 3.85. The molecule has 0 saturated carbocycles. The molecule has 0 amide bonds. The van der Waals surface area contributed by atoms with E-state index in [0.29, 0.717) is 15.7 Å². The maximum absolute atomic E-state index is 5.99. The molecule has 0 fully saturated rings. The van der Waals surface area contributed by atoms with Crippen LogP contribution in [0.25, 0.3) is 0 Å². The highest BCUT2D eigenvalue weighted by atomic mass is 35.5. The Kier molecular flexibility index (Phi) is 4.98. The van der Waals surface area contributed by atoms with Gasteiger partial charge in [0, 0.05) is 0 Å². The van der Waals surface area contributed by atoms with E-state index in [1.807, 2.05) is 30.3 Å². The van der Waals surface area contributed by atoms with E-state index >= 15 is 0 Å². The van der Waals surface area contributed by atoms with Crippen LogP contribution in [0, 0.1) is 0 Å². The van der Waals surface area contributed by atoms with Crippen LogP contribution in [0.2, 0.25) is 10.0 Å². The van der Waals surface area contributed by atoms with E-state index in [-0.39, 0.29) is 5.96 Å². The summed E-state index contributed by atoms with van der Waals surface area (Å²) in [5.74, 6) is 0.104. The molecule has 3 N–H and O–H groups in total. The van der Waals surface area contributed by atoms with Gasteiger partial charge in [0.2, 0.25) is 5.96 Å². The molecule has 2 rings (SSSR count). The number of halogens is 2. The van der Waals surface area contributed by atoms with Crippen LogP contribution < -0.4 is 11.2 Å². The minimum absolute atomic E-state index is 0.104. The summed E-state index contributed by atoms with van der Waals surface area (Å²) < 4.78 is 0. The summed E-state index contributed by atoms with van der Waals surface area (Å²) in [5, 5.41) is 4.83. The number of rotatable bonds is 3. The Balaban J connectivity index is 2.07. The smallest absolute Gasteiger partial charge is 0.214 e. The zero-order valence-electron chi connectivity index (χ0n) is 10.4. The van der Waals surface area contributed by atoms with Gasteiger partial charge in [-0.2, -0.15) is 5.10 Å². The Hall–Kier alpha value is -2.04. The van der Waals surface area contributed by atoms with Crippen molar-refractivity contribution in [3.05, 3.63) is 64.1 Å². The predicted molar refractivity (Wildman–Crippen MR) is 84.9 cm³/mol. The third-order valence-corrected chi connectivity index (χ3v) is 2.97. The fourth-order valence-corrected chi connectivity index (χ4v) is 1.94. The van der Waals surface area contributed by atoms with Gasteiger partial charge in [0.05, 0.1) is 16.3 Å². The number of hydrogen-bond acceptors (Lipinski definition) is 2. The van der Waals surface area contributed by atoms with Crippen molar-refractivity contribution in [1.29, 1.82) is 0 Å². The van der Waals surface area contributed by atoms with Crippen molar-refractivity contribution in [1.82, 2.24) is 5.43 Å². The molecule has 2 aromatic carbocycles. The van der Waals surface area contributed by atoms with Gasteiger partial charge in [0.25, 0.3) is 0 Å². The van der Waals surface area contributed by atoms with Crippen LogP contribution in [0.5, 0.6) is 0 Å². The molecule has 4 nitrogen and oxygen atoms in total. The molecule has 0 aromatic heterocycles. The lowest BCUT2D eigenvalue weighted by molar-refractivity contribution is 1.01. The average molecular weight is 307 g/mol. The number of benzene rings is 2. The molecule has 102 valence electrons. The summed E-state index contributed by atoms with van der Waals surface area (Å²) >= 11 is 12.0. The lowest BCUT2D eigenvalue weighted by Gasteiger charge is -2.03. The second-order valence-corrected chi connectivity index (χ2v) is 4.66. The molecular formula is C14H12Cl2N4. The molecule has 0 aliphatic heterocycles. The van der Waals surface area contributed by atoms with Crippen molar-refractivity contribution in [2.45, 2.75) is 0 Å². The SMILES string of the molecule is NC(=Nc1c(Cl)cccc1Cl)NN=Cc1ccccc1. The first-order chi connectivity index (χ1) is 9.66. The number of aliphatic imine (C=N–C) groups is 1. The van der Waals surface area contributed by atoms with Crippen LogP contribution in [0.3, 0.4) is 0 Å². The molecular weight excluding hydrogens is 295 g/mol. The highest BCUT2D eigenvalue weighted by molar-refractivity contribution is 6.38. The summed E-state index contributed by atoms with van der Waals surface area (Å²) in [6.45, 7) is 0. The molecule has 6 heteroatoms. The highest BCUT2D eigenvalue weighted by Gasteiger charge is 2.04. The lowest BCUT2D eigenvalue weighted by Crippen LogP contribution is -2.26. The zero-order chi connectivity index (χ0) is 14.4. The van der Waals surface area contributed by atoms with Crippen molar-refractivity contribution in [2.24, 2.45) is 15.8 Å². The van der Waals surface area contributed by atoms with Gasteiger partial charge in [0.15, 0.2) is 0 Å². The topological polar surface area (TPSA) is 62.8 Å². The largest absolute Gasteiger partial charge is 0.368 e. The predicted octanol–water partition coefficient (Wildman–Crippen LogP) is 3.56. The molecule has 2 aromatic rings. The normalized spacial score (nSPS) is 11.8. The van der Waals surface area contributed by atoms with Gasteiger partial charge < -0.3 is 5.73 Å². The number of guanidine groups is 1. The fraction of sp³-hybridized carbons (Fsp3) is 0. The quantitative estimate of drug-likeness (QED) is 0.517. The Morgan fingerprint density at radius 1 is 1.00 bits per heavy atom. The highest BCUT2D eigenvalue weighted by Crippen LogP contribution is 2.32. The molecule has 0 radical (unpaired) electrons. The number of hydrazone groups is 1. The number of nitrogens with one attached hydrogen (secondary N) is 1. The van der Waals surface area contributed by atoms with Gasteiger partial charge in [-0.25, -0.2) is 10.4 Å². The Morgan fingerprint density at radius 2 is 1.65 bits per heavy atom. The Morgan fingerprint density at radius 3 is 2.30 bits per heavy atom. The monoisotopic (exact) mass is 306 g/mol. The first kappa shape index (κ1) is 14.4. The van der Waals surface area contributed by atoms with Crippen LogP contribution >= 0.6 is 23.2 Å². The Labute approximate surface area is 126 Å². The fourth-order valence-electron chi connectivity index (χ4n) is 1.45.